The average molecular weight is 211 g/mol. The predicted molar refractivity (Wildman–Crippen MR) is 53.0 cm³/mol. The second-order valence-electron chi connectivity index (χ2n) is 3.53. The Morgan fingerprint density at radius 2 is 1.40 bits per heavy atom. The molecule has 3 N–H and O–H groups in total. The van der Waals surface area contributed by atoms with Crippen molar-refractivity contribution in [1.29, 1.82) is 0 Å². The van der Waals surface area contributed by atoms with Crippen LogP contribution in [0.15, 0.2) is 22.5 Å². The van der Waals surface area contributed by atoms with Crippen LogP contribution in [-0.4, -0.2) is 22.2 Å². The van der Waals surface area contributed by atoms with Crippen molar-refractivity contribution in [2.24, 2.45) is 5.92 Å². The maximum atomic E-state index is 10.9. The number of carboxylic acid groups (broad SMARTS) is 2. The van der Waals surface area contributed by atoms with Gasteiger partial charge in [-0.05, 0) is 13.8 Å². The Morgan fingerprint density at radius 1 is 1.07 bits per heavy atom. The highest BCUT2D eigenvalue weighted by Crippen LogP contribution is 2.29. The highest BCUT2D eigenvalue weighted by atomic mass is 16.4. The van der Waals surface area contributed by atoms with E-state index in [2.05, 4.69) is 5.32 Å². The van der Waals surface area contributed by atoms with E-state index in [0.717, 1.165) is 0 Å². The van der Waals surface area contributed by atoms with Crippen molar-refractivity contribution >= 4 is 11.9 Å². The van der Waals surface area contributed by atoms with Gasteiger partial charge in [0.05, 0.1) is 11.1 Å². The van der Waals surface area contributed by atoms with Crippen molar-refractivity contribution in [2.45, 2.75) is 20.8 Å². The van der Waals surface area contributed by atoms with Crippen molar-refractivity contribution in [3.8, 4) is 0 Å². The highest BCUT2D eigenvalue weighted by Gasteiger charge is 2.31. The number of rotatable bonds is 2. The SMILES string of the molecule is CC1=C(C(=O)O)C(C)C(C(=O)O)=C(C)N1. The summed E-state index contributed by atoms with van der Waals surface area (Å²) in [6.07, 6.45) is 0. The molecule has 1 heterocycles. The highest BCUT2D eigenvalue weighted by molar-refractivity contribution is 5.96. The number of carbonyl (C=O) groups is 2. The van der Waals surface area contributed by atoms with Gasteiger partial charge < -0.3 is 15.5 Å². The quantitative estimate of drug-likeness (QED) is 0.632. The zero-order valence-electron chi connectivity index (χ0n) is 8.79. The number of hydrogen-bond donors (Lipinski definition) is 3. The van der Waals surface area contributed by atoms with Crippen LogP contribution in [0.3, 0.4) is 0 Å². The maximum absolute atomic E-state index is 10.9. The lowest BCUT2D eigenvalue weighted by Crippen LogP contribution is -2.30. The zero-order chi connectivity index (χ0) is 11.7. The minimum Gasteiger partial charge on any atom is -0.478 e. The molecule has 0 bridgehead atoms. The molecule has 15 heavy (non-hydrogen) atoms. The van der Waals surface area contributed by atoms with Gasteiger partial charge in [0, 0.05) is 17.3 Å². The summed E-state index contributed by atoms with van der Waals surface area (Å²) < 4.78 is 0. The van der Waals surface area contributed by atoms with E-state index in [1.165, 1.54) is 0 Å². The van der Waals surface area contributed by atoms with Crippen molar-refractivity contribution in [2.75, 3.05) is 0 Å². The van der Waals surface area contributed by atoms with E-state index < -0.39 is 17.9 Å². The lowest BCUT2D eigenvalue weighted by atomic mass is 9.87. The Balaban J connectivity index is 3.22. The van der Waals surface area contributed by atoms with Crippen LogP contribution in [-0.2, 0) is 9.59 Å². The van der Waals surface area contributed by atoms with E-state index in [-0.39, 0.29) is 11.1 Å². The molecule has 0 saturated heterocycles. The lowest BCUT2D eigenvalue weighted by molar-refractivity contribution is -0.133. The number of carboxylic acids is 2. The molecule has 0 aromatic rings. The number of nitrogens with one attached hydrogen (secondary N) is 1. The van der Waals surface area contributed by atoms with E-state index in [1.54, 1.807) is 20.8 Å². The van der Waals surface area contributed by atoms with Crippen LogP contribution in [0.1, 0.15) is 20.8 Å². The minimum atomic E-state index is -1.08. The van der Waals surface area contributed by atoms with Crippen LogP contribution in [0.5, 0.6) is 0 Å². The Kier molecular flexibility index (Phi) is 2.83. The fourth-order valence-electron chi connectivity index (χ4n) is 1.90. The van der Waals surface area contributed by atoms with Gasteiger partial charge in [-0.15, -0.1) is 0 Å². The number of hydrogen-bond acceptors (Lipinski definition) is 3. The van der Waals surface area contributed by atoms with Gasteiger partial charge >= 0.3 is 11.9 Å². The van der Waals surface area contributed by atoms with Crippen LogP contribution < -0.4 is 5.32 Å². The first-order valence-electron chi connectivity index (χ1n) is 4.51. The summed E-state index contributed by atoms with van der Waals surface area (Å²) in [4.78, 5) is 21.9. The van der Waals surface area contributed by atoms with E-state index in [0.29, 0.717) is 11.4 Å². The Bertz CT molecular complexity index is 356. The summed E-state index contributed by atoms with van der Waals surface area (Å²) in [6, 6.07) is 0. The van der Waals surface area contributed by atoms with Crippen molar-refractivity contribution in [3.63, 3.8) is 0 Å². The molecule has 0 aliphatic carbocycles. The molecular formula is C10H13NO4. The van der Waals surface area contributed by atoms with Crippen LogP contribution in [0.4, 0.5) is 0 Å². The van der Waals surface area contributed by atoms with Crippen LogP contribution in [0, 0.1) is 5.92 Å². The number of aliphatic carboxylic acids is 2. The van der Waals surface area contributed by atoms with Gasteiger partial charge in [0.25, 0.3) is 0 Å². The molecule has 0 unspecified atom stereocenters. The third kappa shape index (κ3) is 1.86. The summed E-state index contributed by atoms with van der Waals surface area (Å²) in [6.45, 7) is 4.84. The van der Waals surface area contributed by atoms with Crippen molar-refractivity contribution in [3.05, 3.63) is 22.5 Å². The molecule has 1 rings (SSSR count). The molecule has 5 nitrogen and oxygen atoms in total. The molecule has 0 saturated carbocycles. The van der Waals surface area contributed by atoms with Gasteiger partial charge in [0.2, 0.25) is 0 Å². The molecule has 0 radical (unpaired) electrons. The molecule has 0 aromatic carbocycles. The fourth-order valence-corrected chi connectivity index (χ4v) is 1.90. The van der Waals surface area contributed by atoms with Gasteiger partial charge in [-0.3, -0.25) is 0 Å². The standard InChI is InChI=1S/C10H13NO4/c1-4-7(9(12)13)5(2)11-6(3)8(4)10(14)15/h4,11H,1-3H3,(H,12,13)(H,14,15). The summed E-state index contributed by atoms with van der Waals surface area (Å²) in [7, 11) is 0. The molecule has 1 aliphatic rings. The van der Waals surface area contributed by atoms with Gasteiger partial charge in [-0.1, -0.05) is 6.92 Å². The molecule has 0 spiro atoms. The molecule has 5 heteroatoms. The molecule has 0 aromatic heterocycles. The molecule has 1 aliphatic heterocycles. The van der Waals surface area contributed by atoms with Gasteiger partial charge in [0.15, 0.2) is 0 Å². The van der Waals surface area contributed by atoms with Crippen molar-refractivity contribution in [1.82, 2.24) is 5.32 Å². The fraction of sp³-hybridized carbons (Fsp3) is 0.400. The first kappa shape index (κ1) is 11.3. The normalized spacial score (nSPS) is 17.8. The van der Waals surface area contributed by atoms with Gasteiger partial charge in [0.1, 0.15) is 0 Å². The maximum Gasteiger partial charge on any atom is 0.333 e. The Hall–Kier alpha value is -1.78. The number of allylic oxidation sites excluding steroid dienone is 2. The lowest BCUT2D eigenvalue weighted by Gasteiger charge is -2.25. The predicted octanol–water partition coefficient (Wildman–Crippen LogP) is 0.943. The summed E-state index contributed by atoms with van der Waals surface area (Å²) >= 11 is 0. The second-order valence-corrected chi connectivity index (χ2v) is 3.53. The minimum absolute atomic E-state index is 0.109. The molecular weight excluding hydrogens is 198 g/mol. The van der Waals surface area contributed by atoms with Crippen LogP contribution in [0.2, 0.25) is 0 Å². The Labute approximate surface area is 87.1 Å². The second kappa shape index (κ2) is 3.76. The molecule has 0 atom stereocenters. The summed E-state index contributed by atoms with van der Waals surface area (Å²) in [5, 5.41) is 20.7. The Morgan fingerprint density at radius 3 is 1.67 bits per heavy atom. The average Bonchev–Trinajstić information content (AvgIpc) is 1.99. The van der Waals surface area contributed by atoms with E-state index in [1.807, 2.05) is 0 Å². The van der Waals surface area contributed by atoms with E-state index in [9.17, 15) is 9.59 Å². The van der Waals surface area contributed by atoms with Gasteiger partial charge in [-0.2, -0.15) is 0 Å². The van der Waals surface area contributed by atoms with Crippen LogP contribution >= 0.6 is 0 Å². The van der Waals surface area contributed by atoms with E-state index >= 15 is 0 Å². The summed E-state index contributed by atoms with van der Waals surface area (Å²) in [5.74, 6) is -2.77. The molecule has 82 valence electrons. The van der Waals surface area contributed by atoms with Crippen molar-refractivity contribution < 1.29 is 19.8 Å². The molecule has 0 amide bonds. The first-order chi connectivity index (χ1) is 6.86. The van der Waals surface area contributed by atoms with E-state index in [4.69, 9.17) is 10.2 Å². The zero-order valence-corrected chi connectivity index (χ0v) is 8.79. The summed E-state index contributed by atoms with van der Waals surface area (Å²) in [5.41, 5.74) is 1.21. The number of dihydropyridines is 1. The largest absolute Gasteiger partial charge is 0.478 e. The van der Waals surface area contributed by atoms with Gasteiger partial charge in [-0.25, -0.2) is 9.59 Å². The third-order valence-electron chi connectivity index (χ3n) is 2.51. The molecule has 0 fully saturated rings. The first-order valence-corrected chi connectivity index (χ1v) is 4.51. The smallest absolute Gasteiger partial charge is 0.333 e. The topological polar surface area (TPSA) is 86.6 Å². The third-order valence-corrected chi connectivity index (χ3v) is 2.51. The van der Waals surface area contributed by atoms with Crippen LogP contribution in [0.25, 0.3) is 0 Å². The monoisotopic (exact) mass is 211 g/mol.